The maximum Gasteiger partial charge on any atom is 0.361 e. The van der Waals surface area contributed by atoms with Gasteiger partial charge >= 0.3 is 17.9 Å². The number of allylic oxidation sites excluding steroid dienone is 12. The molecule has 0 aliphatic rings. The van der Waals surface area contributed by atoms with Gasteiger partial charge in [-0.15, -0.1) is 0 Å². The highest BCUT2D eigenvalue weighted by Crippen LogP contribution is 2.16. The minimum Gasteiger partial charge on any atom is -0.477 e. The van der Waals surface area contributed by atoms with E-state index < -0.39 is 24.3 Å². The summed E-state index contributed by atoms with van der Waals surface area (Å²) in [5.41, 5.74) is 0. The van der Waals surface area contributed by atoms with E-state index in [9.17, 15) is 19.5 Å². The lowest BCUT2D eigenvalue weighted by molar-refractivity contribution is -0.870. The molecule has 69 heavy (non-hydrogen) atoms. The van der Waals surface area contributed by atoms with Crippen molar-refractivity contribution in [3.8, 4) is 0 Å². The summed E-state index contributed by atoms with van der Waals surface area (Å²) in [4.78, 5) is 37.2. The molecule has 0 rings (SSSR count). The lowest BCUT2D eigenvalue weighted by Crippen LogP contribution is -2.40. The maximum absolute atomic E-state index is 12.8. The second-order valence-electron chi connectivity index (χ2n) is 19.9. The van der Waals surface area contributed by atoms with Gasteiger partial charge in [-0.05, 0) is 64.2 Å². The van der Waals surface area contributed by atoms with Crippen molar-refractivity contribution in [2.45, 2.75) is 245 Å². The largest absolute Gasteiger partial charge is 0.477 e. The molecule has 0 aliphatic carbocycles. The molecule has 0 radical (unpaired) electrons. The van der Waals surface area contributed by atoms with Crippen LogP contribution in [0.25, 0.3) is 0 Å². The highest BCUT2D eigenvalue weighted by molar-refractivity contribution is 5.71. The number of hydrogen-bond acceptors (Lipinski definition) is 7. The average molecular weight is 970 g/mol. The van der Waals surface area contributed by atoms with Crippen LogP contribution in [0, 0.1) is 0 Å². The Morgan fingerprint density at radius 3 is 1.23 bits per heavy atom. The summed E-state index contributed by atoms with van der Waals surface area (Å²) in [7, 11) is 5.96. The quantitative estimate of drug-likeness (QED) is 0.0211. The van der Waals surface area contributed by atoms with Gasteiger partial charge in [0.2, 0.25) is 0 Å². The molecule has 2 unspecified atom stereocenters. The molecule has 9 nitrogen and oxygen atoms in total. The Labute approximate surface area is 424 Å². The molecular weight excluding hydrogens is 863 g/mol. The first kappa shape index (κ1) is 65.7. The molecule has 1 N–H and O–H groups in total. The molecule has 0 aromatic carbocycles. The first-order valence-corrected chi connectivity index (χ1v) is 28.1. The first-order valence-electron chi connectivity index (χ1n) is 28.1. The van der Waals surface area contributed by atoms with Crippen LogP contribution in [0.2, 0.25) is 0 Å². The van der Waals surface area contributed by atoms with Crippen molar-refractivity contribution >= 4 is 17.9 Å². The van der Waals surface area contributed by atoms with Gasteiger partial charge in [-0.25, -0.2) is 4.79 Å². The number of aliphatic carboxylic acids is 1. The Bertz CT molecular complexity index is 1360. The summed E-state index contributed by atoms with van der Waals surface area (Å²) in [5, 5.41) is 9.65. The van der Waals surface area contributed by atoms with Crippen molar-refractivity contribution < 1.29 is 42.9 Å². The van der Waals surface area contributed by atoms with Crippen molar-refractivity contribution in [3.05, 3.63) is 72.9 Å². The molecule has 0 bridgehead atoms. The maximum atomic E-state index is 12.8. The normalized spacial score (nSPS) is 13.3. The number of hydrogen-bond donors (Lipinski definition) is 1. The zero-order chi connectivity index (χ0) is 50.6. The molecule has 9 heteroatoms. The third kappa shape index (κ3) is 52.4. The number of likely N-dealkylation sites (N-methyl/N-ethyl adjacent to an activating group) is 1. The molecule has 0 spiro atoms. The monoisotopic (exact) mass is 969 g/mol. The molecular formula is C60H106NO8+. The van der Waals surface area contributed by atoms with Gasteiger partial charge < -0.3 is 28.5 Å². The third-order valence-electron chi connectivity index (χ3n) is 12.0. The molecule has 0 heterocycles. The smallest absolute Gasteiger partial charge is 0.361 e. The Morgan fingerprint density at radius 1 is 0.449 bits per heavy atom. The van der Waals surface area contributed by atoms with Gasteiger partial charge in [-0.1, -0.05) is 228 Å². The van der Waals surface area contributed by atoms with Crippen molar-refractivity contribution in [3.63, 3.8) is 0 Å². The number of esters is 2. The second kappa shape index (κ2) is 51.1. The first-order chi connectivity index (χ1) is 33.6. The number of carboxylic acids is 1. The number of quaternary nitrogens is 1. The average Bonchev–Trinajstić information content (AvgIpc) is 3.31. The third-order valence-corrected chi connectivity index (χ3v) is 12.0. The van der Waals surface area contributed by atoms with Gasteiger partial charge in [-0.2, -0.15) is 0 Å². The Balaban J connectivity index is 4.02. The fourth-order valence-corrected chi connectivity index (χ4v) is 7.66. The Kier molecular flexibility index (Phi) is 48.7. The molecule has 0 fully saturated rings. The van der Waals surface area contributed by atoms with Crippen LogP contribution >= 0.6 is 0 Å². The highest BCUT2D eigenvalue weighted by atomic mass is 16.7. The molecule has 0 saturated carbocycles. The number of unbranched alkanes of at least 4 members (excludes halogenated alkanes) is 24. The van der Waals surface area contributed by atoms with Crippen LogP contribution in [0.5, 0.6) is 0 Å². The molecule has 2 atom stereocenters. The number of carbonyl (C=O) groups is 3. The van der Waals surface area contributed by atoms with Crippen molar-refractivity contribution in [2.75, 3.05) is 47.5 Å². The minimum atomic E-state index is -1.51. The van der Waals surface area contributed by atoms with Crippen LogP contribution in [0.15, 0.2) is 72.9 Å². The van der Waals surface area contributed by atoms with E-state index in [2.05, 4.69) is 86.8 Å². The predicted octanol–water partition coefficient (Wildman–Crippen LogP) is 16.2. The van der Waals surface area contributed by atoms with E-state index in [4.69, 9.17) is 18.9 Å². The number of rotatable bonds is 51. The zero-order valence-corrected chi connectivity index (χ0v) is 45.2. The fraction of sp³-hybridized carbons (Fsp3) is 0.750. The van der Waals surface area contributed by atoms with E-state index in [0.717, 1.165) is 77.0 Å². The van der Waals surface area contributed by atoms with Gasteiger partial charge in [0, 0.05) is 12.8 Å². The van der Waals surface area contributed by atoms with Crippen LogP contribution in [0.3, 0.4) is 0 Å². The van der Waals surface area contributed by atoms with Crippen LogP contribution < -0.4 is 0 Å². The molecule has 0 aliphatic heterocycles. The van der Waals surface area contributed by atoms with Crippen LogP contribution in [-0.2, 0) is 33.3 Å². The number of nitrogens with zero attached hydrogens (tertiary/aromatic N) is 1. The topological polar surface area (TPSA) is 108 Å². The molecule has 0 amide bonds. The number of carboxylic acid groups (broad SMARTS) is 1. The van der Waals surface area contributed by atoms with E-state index in [1.54, 1.807) is 0 Å². The summed E-state index contributed by atoms with van der Waals surface area (Å²) in [5.74, 6) is -2.00. The minimum absolute atomic E-state index is 0.180. The fourth-order valence-electron chi connectivity index (χ4n) is 7.66. The van der Waals surface area contributed by atoms with Gasteiger partial charge in [0.15, 0.2) is 6.10 Å². The zero-order valence-electron chi connectivity index (χ0n) is 45.2. The van der Waals surface area contributed by atoms with Gasteiger partial charge in [-0.3, -0.25) is 9.59 Å². The highest BCUT2D eigenvalue weighted by Gasteiger charge is 2.25. The van der Waals surface area contributed by atoms with Crippen molar-refractivity contribution in [2.24, 2.45) is 0 Å². The van der Waals surface area contributed by atoms with Crippen LogP contribution in [-0.4, -0.2) is 87.4 Å². The summed E-state index contributed by atoms with van der Waals surface area (Å²) < 4.78 is 22.8. The van der Waals surface area contributed by atoms with Crippen molar-refractivity contribution in [1.29, 1.82) is 0 Å². The molecule has 0 saturated heterocycles. The van der Waals surface area contributed by atoms with Gasteiger partial charge in [0.1, 0.15) is 13.2 Å². The van der Waals surface area contributed by atoms with Crippen LogP contribution in [0.4, 0.5) is 0 Å². The van der Waals surface area contributed by atoms with Gasteiger partial charge in [0.25, 0.3) is 6.29 Å². The standard InChI is InChI=1S/C60H105NO8/c1-6-8-10-12-14-16-17-18-19-20-21-22-23-24-25-26-27-28-29-30-31-32-33-34-35-36-37-38-39-40-41-43-45-47-49-51-58(63)69-56(55-68-60(59(64)65)66-53-52-61(3,4)5)54-67-57(62)50-48-46-44-42-15-13-11-9-7-2/h8,10,14,16,18-19,21-22,24-25,27-28,56,60H,6-7,9,11-13,15,17,20,23,26,29-55H2,1-5H3/p+1/b10-8-,16-14-,19-18-,22-21-,25-24-,28-27-. The van der Waals surface area contributed by atoms with E-state index in [-0.39, 0.29) is 32.2 Å². The summed E-state index contributed by atoms with van der Waals surface area (Å²) in [6.07, 6.45) is 62.9. The van der Waals surface area contributed by atoms with E-state index in [1.807, 2.05) is 21.1 Å². The van der Waals surface area contributed by atoms with E-state index >= 15 is 0 Å². The lowest BCUT2D eigenvalue weighted by atomic mass is 10.0. The molecule has 0 aromatic heterocycles. The van der Waals surface area contributed by atoms with Crippen molar-refractivity contribution in [1.82, 2.24) is 0 Å². The number of ether oxygens (including phenoxy) is 4. The van der Waals surface area contributed by atoms with Crippen LogP contribution in [0.1, 0.15) is 232 Å². The summed E-state index contributed by atoms with van der Waals surface area (Å²) >= 11 is 0. The number of carbonyl (C=O) groups excluding carboxylic acids is 2. The lowest BCUT2D eigenvalue weighted by Gasteiger charge is -2.25. The predicted molar refractivity (Wildman–Crippen MR) is 290 cm³/mol. The Hall–Kier alpha value is -3.27. The van der Waals surface area contributed by atoms with E-state index in [0.29, 0.717) is 17.4 Å². The summed E-state index contributed by atoms with van der Waals surface area (Å²) in [6.45, 7) is 4.74. The van der Waals surface area contributed by atoms with E-state index in [1.165, 1.54) is 128 Å². The molecule has 398 valence electrons. The Morgan fingerprint density at radius 2 is 0.826 bits per heavy atom. The molecule has 0 aromatic rings. The second-order valence-corrected chi connectivity index (χ2v) is 19.9. The summed E-state index contributed by atoms with van der Waals surface area (Å²) in [6, 6.07) is 0. The van der Waals surface area contributed by atoms with Gasteiger partial charge in [0.05, 0.1) is 34.4 Å². The SMILES string of the molecule is CC/C=C\C/C=C\C/C=C\C/C=C\C/C=C\C/C=C\CCCCCCCCCCCCCCCCCCC(=O)OC(COC(=O)CCCCCCCCCCC)COC(OCC[N+](C)(C)C)C(=O)O.